The van der Waals surface area contributed by atoms with Gasteiger partial charge >= 0.3 is 0 Å². The lowest BCUT2D eigenvalue weighted by Crippen LogP contribution is -2.32. The molecule has 3 aromatic rings. The molecule has 8 heteroatoms. The maximum absolute atomic E-state index is 12.8. The quantitative estimate of drug-likeness (QED) is 0.663. The zero-order chi connectivity index (χ0) is 19.3. The number of fused-ring (bicyclic) bond motifs is 1. The zero-order valence-corrected chi connectivity index (χ0v) is 16.2. The predicted octanol–water partition coefficient (Wildman–Crippen LogP) is 4.67. The molecule has 3 heterocycles. The van der Waals surface area contributed by atoms with E-state index in [-0.39, 0.29) is 5.78 Å². The lowest BCUT2D eigenvalue weighted by Gasteiger charge is -2.31. The standard InChI is InChI=1S/C20H15Cl2N5O/c21-12-8-7-11(10-13(12)22)19-25-20-24-14-5-3-6-16(28)17(14)18(27(20)26-19)15-4-1-2-9-23-15/h1-2,4,7-10,18H,3,5-6H2,(H,24,25,26). The molecule has 1 aliphatic heterocycles. The van der Waals surface area contributed by atoms with E-state index in [4.69, 9.17) is 28.3 Å². The summed E-state index contributed by atoms with van der Waals surface area (Å²) in [6.07, 6.45) is 3.89. The largest absolute Gasteiger partial charge is 0.328 e. The van der Waals surface area contributed by atoms with Crippen molar-refractivity contribution in [1.29, 1.82) is 0 Å². The van der Waals surface area contributed by atoms with Crippen molar-refractivity contribution in [3.8, 4) is 11.4 Å². The second-order valence-corrected chi connectivity index (χ2v) is 7.60. The normalized spacial score (nSPS) is 18.5. The fourth-order valence-electron chi connectivity index (χ4n) is 3.72. The number of aromatic nitrogens is 4. The van der Waals surface area contributed by atoms with Crippen LogP contribution in [0.15, 0.2) is 53.9 Å². The van der Waals surface area contributed by atoms with Gasteiger partial charge in [0, 0.05) is 29.5 Å². The minimum atomic E-state index is -0.399. The fraction of sp³-hybridized carbons (Fsp3) is 0.200. The smallest absolute Gasteiger partial charge is 0.226 e. The molecule has 28 heavy (non-hydrogen) atoms. The monoisotopic (exact) mass is 411 g/mol. The number of anilines is 1. The Morgan fingerprint density at radius 1 is 1.11 bits per heavy atom. The van der Waals surface area contributed by atoms with Crippen LogP contribution in [0.2, 0.25) is 10.0 Å². The molecule has 1 aromatic carbocycles. The van der Waals surface area contributed by atoms with Gasteiger partial charge in [-0.05, 0) is 43.2 Å². The van der Waals surface area contributed by atoms with Crippen molar-refractivity contribution in [2.75, 3.05) is 5.32 Å². The maximum atomic E-state index is 12.8. The van der Waals surface area contributed by atoms with Gasteiger partial charge in [0.05, 0.1) is 15.7 Å². The van der Waals surface area contributed by atoms with Gasteiger partial charge in [-0.25, -0.2) is 4.68 Å². The zero-order valence-electron chi connectivity index (χ0n) is 14.7. The summed E-state index contributed by atoms with van der Waals surface area (Å²) in [6.45, 7) is 0. The average Bonchev–Trinajstić information content (AvgIpc) is 3.13. The minimum Gasteiger partial charge on any atom is -0.328 e. The number of hydrogen-bond donors (Lipinski definition) is 1. The Hall–Kier alpha value is -2.70. The van der Waals surface area contributed by atoms with Crippen molar-refractivity contribution in [2.24, 2.45) is 0 Å². The van der Waals surface area contributed by atoms with E-state index in [1.807, 2.05) is 24.3 Å². The van der Waals surface area contributed by atoms with E-state index in [2.05, 4.69) is 15.3 Å². The molecular weight excluding hydrogens is 397 g/mol. The van der Waals surface area contributed by atoms with Crippen LogP contribution in [0.5, 0.6) is 0 Å². The highest BCUT2D eigenvalue weighted by Crippen LogP contribution is 2.40. The molecular formula is C20H15Cl2N5O. The number of allylic oxidation sites excluding steroid dienone is 2. The van der Waals surface area contributed by atoms with E-state index >= 15 is 0 Å². The van der Waals surface area contributed by atoms with Gasteiger partial charge in [0.25, 0.3) is 0 Å². The highest BCUT2D eigenvalue weighted by atomic mass is 35.5. The molecule has 1 aliphatic carbocycles. The number of ketones is 1. The van der Waals surface area contributed by atoms with E-state index in [0.29, 0.717) is 28.2 Å². The molecule has 2 aliphatic rings. The molecule has 0 spiro atoms. The topological polar surface area (TPSA) is 72.7 Å². The lowest BCUT2D eigenvalue weighted by molar-refractivity contribution is -0.116. The second kappa shape index (κ2) is 6.72. The molecule has 1 unspecified atom stereocenters. The van der Waals surface area contributed by atoms with Crippen LogP contribution in [0.4, 0.5) is 5.95 Å². The van der Waals surface area contributed by atoms with E-state index in [1.54, 1.807) is 23.0 Å². The number of nitrogens with zero attached hydrogens (tertiary/aromatic N) is 4. The van der Waals surface area contributed by atoms with Crippen molar-refractivity contribution >= 4 is 34.9 Å². The minimum absolute atomic E-state index is 0.127. The molecule has 0 saturated heterocycles. The lowest BCUT2D eigenvalue weighted by atomic mass is 9.87. The highest BCUT2D eigenvalue weighted by molar-refractivity contribution is 6.42. The fourth-order valence-corrected chi connectivity index (χ4v) is 4.02. The van der Waals surface area contributed by atoms with Gasteiger partial charge in [0.15, 0.2) is 11.6 Å². The van der Waals surface area contributed by atoms with Crippen LogP contribution in [0.3, 0.4) is 0 Å². The molecule has 0 fully saturated rings. The van der Waals surface area contributed by atoms with Gasteiger partial charge < -0.3 is 5.32 Å². The van der Waals surface area contributed by atoms with E-state index in [9.17, 15) is 4.79 Å². The Kier molecular flexibility index (Phi) is 4.18. The number of Topliss-reactive ketones (excluding diaryl/α,β-unsaturated/α-hetero) is 1. The summed E-state index contributed by atoms with van der Waals surface area (Å²) in [6, 6.07) is 10.6. The highest BCUT2D eigenvalue weighted by Gasteiger charge is 2.37. The Labute approximate surface area is 171 Å². The number of carbonyl (C=O) groups is 1. The third kappa shape index (κ3) is 2.80. The molecule has 0 amide bonds. The summed E-state index contributed by atoms with van der Waals surface area (Å²) >= 11 is 12.2. The second-order valence-electron chi connectivity index (χ2n) is 6.78. The van der Waals surface area contributed by atoms with Crippen molar-refractivity contribution in [2.45, 2.75) is 25.3 Å². The first-order valence-electron chi connectivity index (χ1n) is 8.98. The van der Waals surface area contributed by atoms with Gasteiger partial charge in [-0.1, -0.05) is 29.3 Å². The first-order valence-corrected chi connectivity index (χ1v) is 9.73. The maximum Gasteiger partial charge on any atom is 0.226 e. The van der Waals surface area contributed by atoms with E-state index < -0.39 is 6.04 Å². The van der Waals surface area contributed by atoms with Gasteiger partial charge in [0.1, 0.15) is 6.04 Å². The first-order chi connectivity index (χ1) is 13.6. The van der Waals surface area contributed by atoms with Crippen molar-refractivity contribution in [1.82, 2.24) is 19.7 Å². The Balaban J connectivity index is 1.67. The van der Waals surface area contributed by atoms with Gasteiger partial charge in [-0.15, -0.1) is 5.10 Å². The molecule has 0 saturated carbocycles. The van der Waals surface area contributed by atoms with Crippen molar-refractivity contribution in [3.05, 3.63) is 69.6 Å². The molecule has 1 atom stereocenters. The first kappa shape index (κ1) is 17.4. The Morgan fingerprint density at radius 3 is 2.79 bits per heavy atom. The van der Waals surface area contributed by atoms with Crippen molar-refractivity contribution < 1.29 is 4.79 Å². The van der Waals surface area contributed by atoms with Gasteiger partial charge in [-0.3, -0.25) is 9.78 Å². The van der Waals surface area contributed by atoms with Gasteiger partial charge in [-0.2, -0.15) is 4.98 Å². The molecule has 0 bridgehead atoms. The third-order valence-corrected chi connectivity index (χ3v) is 5.75. The molecule has 0 radical (unpaired) electrons. The molecule has 140 valence electrons. The van der Waals surface area contributed by atoms with Crippen LogP contribution in [-0.2, 0) is 4.79 Å². The van der Waals surface area contributed by atoms with Crippen molar-refractivity contribution in [3.63, 3.8) is 0 Å². The summed E-state index contributed by atoms with van der Waals surface area (Å²) in [4.78, 5) is 21.9. The third-order valence-electron chi connectivity index (χ3n) is 5.01. The number of hydrogen-bond acceptors (Lipinski definition) is 5. The Bertz CT molecular complexity index is 1120. The molecule has 1 N–H and O–H groups in total. The van der Waals surface area contributed by atoms with Crippen LogP contribution in [-0.4, -0.2) is 25.5 Å². The average molecular weight is 412 g/mol. The Morgan fingerprint density at radius 2 is 2.00 bits per heavy atom. The van der Waals surface area contributed by atoms with Crippen LogP contribution < -0.4 is 5.32 Å². The number of rotatable bonds is 2. The van der Waals surface area contributed by atoms with Crippen LogP contribution in [0, 0.1) is 0 Å². The van der Waals surface area contributed by atoms with E-state index in [1.165, 1.54) is 0 Å². The van der Waals surface area contributed by atoms with Crippen LogP contribution in [0.25, 0.3) is 11.4 Å². The molecule has 5 rings (SSSR count). The summed E-state index contributed by atoms with van der Waals surface area (Å²) < 4.78 is 1.74. The predicted molar refractivity (Wildman–Crippen MR) is 107 cm³/mol. The van der Waals surface area contributed by atoms with Gasteiger partial charge in [0.2, 0.25) is 5.95 Å². The summed E-state index contributed by atoms with van der Waals surface area (Å²) in [5, 5.41) is 8.91. The summed E-state index contributed by atoms with van der Waals surface area (Å²) in [5.74, 6) is 1.22. The summed E-state index contributed by atoms with van der Waals surface area (Å²) in [7, 11) is 0. The number of pyridine rings is 1. The number of benzene rings is 1. The SMILES string of the molecule is O=C1CCCC2=C1C(c1ccccn1)n1nc(-c3ccc(Cl)c(Cl)c3)nc1N2. The van der Waals surface area contributed by atoms with E-state index in [0.717, 1.165) is 35.4 Å². The number of halogens is 2. The summed E-state index contributed by atoms with van der Waals surface area (Å²) in [5.41, 5.74) is 3.15. The molecule has 2 aromatic heterocycles. The number of nitrogens with one attached hydrogen (secondary N) is 1. The van der Waals surface area contributed by atoms with Crippen LogP contribution >= 0.6 is 23.2 Å². The number of carbonyl (C=O) groups excluding carboxylic acids is 1. The molecule has 6 nitrogen and oxygen atoms in total. The van der Waals surface area contributed by atoms with Crippen LogP contribution in [0.1, 0.15) is 31.0 Å².